The number of hydrogen-bond donors (Lipinski definition) is 2. The molecule has 9 heteroatoms. The first-order chi connectivity index (χ1) is 11.7. The first-order valence-corrected chi connectivity index (χ1v) is 9.92. The standard InChI is InChI=1S/C16H20N4O2S2.ClH/c1-9-19-20-16(24-9)18-15(21)10-6-14(23-8-10)12-7-13(12)17-11-2-4-22-5-3-11;/h6,8,11-13,17H,2-5,7H2,1H3,(H,18,20,21);1H/t12-,13-;/m1./s1. The van der Waals surface area contributed by atoms with Gasteiger partial charge in [0.2, 0.25) is 5.13 Å². The summed E-state index contributed by atoms with van der Waals surface area (Å²) < 4.78 is 5.40. The third-order valence-corrected chi connectivity index (χ3v) is 6.27. The van der Waals surface area contributed by atoms with E-state index in [1.165, 1.54) is 16.2 Å². The van der Waals surface area contributed by atoms with Crippen LogP contribution < -0.4 is 10.6 Å². The maximum Gasteiger partial charge on any atom is 0.258 e. The number of thiophene rings is 1. The zero-order chi connectivity index (χ0) is 16.5. The number of aryl methyl sites for hydroxylation is 1. The molecule has 2 aliphatic rings. The molecular formula is C16H21ClN4O2S2. The topological polar surface area (TPSA) is 76.1 Å². The van der Waals surface area contributed by atoms with Gasteiger partial charge in [-0.25, -0.2) is 0 Å². The number of halogens is 1. The molecule has 1 aliphatic heterocycles. The largest absolute Gasteiger partial charge is 0.381 e. The Morgan fingerprint density at radius 3 is 2.84 bits per heavy atom. The van der Waals surface area contributed by atoms with Gasteiger partial charge in [-0.1, -0.05) is 11.3 Å². The van der Waals surface area contributed by atoms with Crippen molar-refractivity contribution in [1.29, 1.82) is 0 Å². The van der Waals surface area contributed by atoms with Crippen LogP contribution in [0.15, 0.2) is 11.4 Å². The maximum atomic E-state index is 12.3. The van der Waals surface area contributed by atoms with E-state index in [1.54, 1.807) is 11.3 Å². The Morgan fingerprint density at radius 2 is 2.12 bits per heavy atom. The molecular weight excluding hydrogens is 380 g/mol. The highest BCUT2D eigenvalue weighted by Gasteiger charge is 2.40. The van der Waals surface area contributed by atoms with Crippen LogP contribution in [0.4, 0.5) is 5.13 Å². The number of anilines is 1. The Balaban J connectivity index is 0.00000182. The van der Waals surface area contributed by atoms with Gasteiger partial charge in [0, 0.05) is 41.5 Å². The molecule has 0 spiro atoms. The normalized spacial score (nSPS) is 23.1. The lowest BCUT2D eigenvalue weighted by Crippen LogP contribution is -2.36. The van der Waals surface area contributed by atoms with E-state index in [0.717, 1.165) is 37.5 Å². The van der Waals surface area contributed by atoms with E-state index in [1.807, 2.05) is 18.4 Å². The molecule has 0 bridgehead atoms. The minimum absolute atomic E-state index is 0. The molecule has 0 aromatic carbocycles. The third-order valence-electron chi connectivity index (χ3n) is 4.46. The van der Waals surface area contributed by atoms with Crippen LogP contribution in [0.25, 0.3) is 0 Å². The van der Waals surface area contributed by atoms with Crippen molar-refractivity contribution in [3.63, 3.8) is 0 Å². The highest BCUT2D eigenvalue weighted by molar-refractivity contribution is 7.15. The highest BCUT2D eigenvalue weighted by atomic mass is 35.5. The van der Waals surface area contributed by atoms with Crippen molar-refractivity contribution in [3.8, 4) is 0 Å². The van der Waals surface area contributed by atoms with Crippen LogP contribution in [0.5, 0.6) is 0 Å². The van der Waals surface area contributed by atoms with E-state index < -0.39 is 0 Å². The van der Waals surface area contributed by atoms with Crippen molar-refractivity contribution in [2.24, 2.45) is 0 Å². The van der Waals surface area contributed by atoms with Gasteiger partial charge in [0.25, 0.3) is 5.91 Å². The Labute approximate surface area is 160 Å². The van der Waals surface area contributed by atoms with Crippen LogP contribution in [0, 0.1) is 6.92 Å². The van der Waals surface area contributed by atoms with E-state index in [-0.39, 0.29) is 18.3 Å². The summed E-state index contributed by atoms with van der Waals surface area (Å²) in [6.07, 6.45) is 3.36. The van der Waals surface area contributed by atoms with Crippen LogP contribution >= 0.6 is 35.1 Å². The number of carbonyl (C=O) groups excluding carboxylic acids is 1. The van der Waals surface area contributed by atoms with Gasteiger partial charge in [-0.15, -0.1) is 33.9 Å². The molecule has 2 aromatic rings. The van der Waals surface area contributed by atoms with Gasteiger partial charge in [-0.05, 0) is 32.3 Å². The molecule has 2 fully saturated rings. The molecule has 0 unspecified atom stereocenters. The van der Waals surface area contributed by atoms with E-state index >= 15 is 0 Å². The molecule has 2 N–H and O–H groups in total. The van der Waals surface area contributed by atoms with Crippen molar-refractivity contribution in [2.75, 3.05) is 18.5 Å². The van der Waals surface area contributed by atoms with Gasteiger partial charge in [0.15, 0.2) is 0 Å². The number of carbonyl (C=O) groups is 1. The van der Waals surface area contributed by atoms with Crippen LogP contribution in [0.2, 0.25) is 0 Å². The fraction of sp³-hybridized carbons (Fsp3) is 0.562. The van der Waals surface area contributed by atoms with Crippen LogP contribution in [0.1, 0.15) is 45.4 Å². The number of hydrogen-bond acceptors (Lipinski definition) is 7. The zero-order valence-electron chi connectivity index (χ0n) is 13.9. The number of rotatable bonds is 5. The molecule has 1 amide bonds. The van der Waals surface area contributed by atoms with Gasteiger partial charge in [0.1, 0.15) is 5.01 Å². The summed E-state index contributed by atoms with van der Waals surface area (Å²) in [6, 6.07) is 3.15. The Morgan fingerprint density at radius 1 is 1.32 bits per heavy atom. The van der Waals surface area contributed by atoms with Gasteiger partial charge in [0.05, 0.1) is 5.56 Å². The number of amides is 1. The minimum atomic E-state index is -0.108. The quantitative estimate of drug-likeness (QED) is 0.805. The smallest absolute Gasteiger partial charge is 0.258 e. The van der Waals surface area contributed by atoms with Crippen molar-refractivity contribution >= 4 is 46.1 Å². The summed E-state index contributed by atoms with van der Waals surface area (Å²) in [4.78, 5) is 13.6. The summed E-state index contributed by atoms with van der Waals surface area (Å²) in [6.45, 7) is 3.60. The molecule has 2 aromatic heterocycles. The van der Waals surface area contributed by atoms with Gasteiger partial charge >= 0.3 is 0 Å². The predicted octanol–water partition coefficient (Wildman–Crippen LogP) is 3.21. The average Bonchev–Trinajstić information content (AvgIpc) is 2.97. The summed E-state index contributed by atoms with van der Waals surface area (Å²) in [5, 5.41) is 17.7. The summed E-state index contributed by atoms with van der Waals surface area (Å²) in [7, 11) is 0. The monoisotopic (exact) mass is 400 g/mol. The Hall–Kier alpha value is -1.06. The van der Waals surface area contributed by atoms with Gasteiger partial charge in [-0.3, -0.25) is 10.1 Å². The second-order valence-corrected chi connectivity index (χ2v) is 8.44. The van der Waals surface area contributed by atoms with Crippen molar-refractivity contribution in [2.45, 2.75) is 44.2 Å². The molecule has 2 atom stereocenters. The second kappa shape index (κ2) is 8.09. The molecule has 136 valence electrons. The minimum Gasteiger partial charge on any atom is -0.381 e. The van der Waals surface area contributed by atoms with Crippen LogP contribution in [-0.2, 0) is 4.74 Å². The maximum absolute atomic E-state index is 12.3. The van der Waals surface area contributed by atoms with Crippen LogP contribution in [-0.4, -0.2) is 41.4 Å². The molecule has 1 aliphatic carbocycles. The third kappa shape index (κ3) is 4.57. The first kappa shape index (κ1) is 18.7. The molecule has 4 rings (SSSR count). The molecule has 6 nitrogen and oxygen atoms in total. The second-order valence-electron chi connectivity index (χ2n) is 6.32. The fourth-order valence-electron chi connectivity index (χ4n) is 3.04. The van der Waals surface area contributed by atoms with E-state index in [2.05, 4.69) is 20.8 Å². The molecule has 1 saturated carbocycles. The number of nitrogens with zero attached hydrogens (tertiary/aromatic N) is 2. The number of nitrogens with one attached hydrogen (secondary N) is 2. The lowest BCUT2D eigenvalue weighted by molar-refractivity contribution is 0.0774. The molecule has 25 heavy (non-hydrogen) atoms. The number of ether oxygens (including phenoxy) is 1. The lowest BCUT2D eigenvalue weighted by atomic mass is 10.1. The Bertz CT molecular complexity index is 729. The first-order valence-electron chi connectivity index (χ1n) is 8.23. The summed E-state index contributed by atoms with van der Waals surface area (Å²) >= 11 is 3.06. The van der Waals surface area contributed by atoms with Crippen molar-refractivity contribution < 1.29 is 9.53 Å². The van der Waals surface area contributed by atoms with Crippen LogP contribution in [0.3, 0.4) is 0 Å². The zero-order valence-corrected chi connectivity index (χ0v) is 16.3. The molecule has 3 heterocycles. The summed E-state index contributed by atoms with van der Waals surface area (Å²) in [5.74, 6) is 0.436. The number of aromatic nitrogens is 2. The average molecular weight is 401 g/mol. The van der Waals surface area contributed by atoms with Gasteiger partial charge in [-0.2, -0.15) is 0 Å². The SMILES string of the molecule is Cc1nnc(NC(=O)c2csc([C@@H]3C[C@H]3NC3CCOCC3)c2)s1.Cl. The molecule has 1 saturated heterocycles. The predicted molar refractivity (Wildman–Crippen MR) is 102 cm³/mol. The van der Waals surface area contributed by atoms with E-state index in [9.17, 15) is 4.79 Å². The fourth-order valence-corrected chi connectivity index (χ4v) is 4.70. The highest BCUT2D eigenvalue weighted by Crippen LogP contribution is 2.44. The van der Waals surface area contributed by atoms with Crippen molar-refractivity contribution in [3.05, 3.63) is 26.9 Å². The summed E-state index contributed by atoms with van der Waals surface area (Å²) in [5.41, 5.74) is 0.708. The molecule has 0 radical (unpaired) electrons. The van der Waals surface area contributed by atoms with Crippen molar-refractivity contribution in [1.82, 2.24) is 15.5 Å². The van der Waals surface area contributed by atoms with Gasteiger partial charge < -0.3 is 10.1 Å². The van der Waals surface area contributed by atoms with E-state index in [4.69, 9.17) is 4.74 Å². The van der Waals surface area contributed by atoms with E-state index in [0.29, 0.717) is 28.7 Å². The lowest BCUT2D eigenvalue weighted by Gasteiger charge is -2.23. The Kier molecular flexibility index (Phi) is 6.06.